The van der Waals surface area contributed by atoms with Crippen molar-refractivity contribution in [3.63, 3.8) is 0 Å². The molecule has 1 N–H and O–H groups in total. The zero-order valence-corrected chi connectivity index (χ0v) is 14.0. The molecule has 6 heteroatoms. The van der Waals surface area contributed by atoms with Crippen molar-refractivity contribution in [3.8, 4) is 0 Å². The molecule has 0 aliphatic carbocycles. The molecule has 0 spiro atoms. The number of benzene rings is 1. The highest BCUT2D eigenvalue weighted by atomic mass is 16.2. The van der Waals surface area contributed by atoms with Crippen LogP contribution in [0.15, 0.2) is 30.3 Å². The molecule has 23 heavy (non-hydrogen) atoms. The second-order valence-corrected chi connectivity index (χ2v) is 6.03. The number of amides is 2. The van der Waals surface area contributed by atoms with Crippen LogP contribution in [0.5, 0.6) is 0 Å². The lowest BCUT2D eigenvalue weighted by Crippen LogP contribution is -2.51. The fourth-order valence-corrected chi connectivity index (χ4v) is 2.51. The summed E-state index contributed by atoms with van der Waals surface area (Å²) < 4.78 is 0. The summed E-state index contributed by atoms with van der Waals surface area (Å²) in [6, 6.07) is 9.15. The molecule has 1 aliphatic heterocycles. The van der Waals surface area contributed by atoms with Crippen molar-refractivity contribution < 1.29 is 9.59 Å². The summed E-state index contributed by atoms with van der Waals surface area (Å²) in [6.45, 7) is 4.46. The van der Waals surface area contributed by atoms with Crippen LogP contribution >= 0.6 is 0 Å². The molecule has 6 nitrogen and oxygen atoms in total. The van der Waals surface area contributed by atoms with Gasteiger partial charge in [-0.2, -0.15) is 0 Å². The van der Waals surface area contributed by atoms with E-state index in [-0.39, 0.29) is 18.4 Å². The van der Waals surface area contributed by atoms with Crippen LogP contribution in [0.3, 0.4) is 0 Å². The normalized spacial score (nSPS) is 14.8. The second-order valence-electron chi connectivity index (χ2n) is 6.03. The predicted molar refractivity (Wildman–Crippen MR) is 90.3 cm³/mol. The van der Waals surface area contributed by atoms with Crippen LogP contribution in [-0.4, -0.2) is 86.4 Å². The highest BCUT2D eigenvalue weighted by Gasteiger charge is 2.23. The number of nitrogens with one attached hydrogen (secondary N) is 1. The summed E-state index contributed by atoms with van der Waals surface area (Å²) in [6.07, 6.45) is 0. The van der Waals surface area contributed by atoms with Gasteiger partial charge in [0.15, 0.2) is 0 Å². The van der Waals surface area contributed by atoms with E-state index >= 15 is 0 Å². The number of nitrogens with zero attached hydrogens (tertiary/aromatic N) is 3. The van der Waals surface area contributed by atoms with Crippen LogP contribution in [0.1, 0.15) is 10.4 Å². The minimum Gasteiger partial charge on any atom is -0.339 e. The number of likely N-dealkylation sites (N-methyl/N-ethyl adjacent to an activating group) is 1. The van der Waals surface area contributed by atoms with Gasteiger partial charge in [-0.15, -0.1) is 0 Å². The first kappa shape index (κ1) is 17.4. The maximum Gasteiger partial charge on any atom is 0.254 e. The molecule has 1 fully saturated rings. The van der Waals surface area contributed by atoms with Gasteiger partial charge in [-0.1, -0.05) is 18.2 Å². The van der Waals surface area contributed by atoms with Gasteiger partial charge >= 0.3 is 0 Å². The van der Waals surface area contributed by atoms with E-state index in [1.54, 1.807) is 17.0 Å². The molecule has 0 bridgehead atoms. The van der Waals surface area contributed by atoms with Crippen molar-refractivity contribution in [2.24, 2.45) is 0 Å². The SMILES string of the molecule is CN(C)CCN(CC(=O)N1CCNCC1)C(=O)c1ccccc1. The van der Waals surface area contributed by atoms with Crippen molar-refractivity contribution in [3.05, 3.63) is 35.9 Å². The third-order valence-electron chi connectivity index (χ3n) is 3.92. The van der Waals surface area contributed by atoms with Gasteiger partial charge < -0.3 is 20.0 Å². The van der Waals surface area contributed by atoms with Gasteiger partial charge in [0.05, 0.1) is 0 Å². The van der Waals surface area contributed by atoms with Crippen LogP contribution in [0.4, 0.5) is 0 Å². The zero-order valence-electron chi connectivity index (χ0n) is 14.0. The molecule has 0 aromatic heterocycles. The quantitative estimate of drug-likeness (QED) is 0.810. The van der Waals surface area contributed by atoms with E-state index in [9.17, 15) is 9.59 Å². The molecule has 1 heterocycles. The number of piperazine rings is 1. The molecule has 1 saturated heterocycles. The van der Waals surface area contributed by atoms with Crippen LogP contribution in [-0.2, 0) is 4.79 Å². The average molecular weight is 318 g/mol. The van der Waals surface area contributed by atoms with E-state index in [4.69, 9.17) is 0 Å². The summed E-state index contributed by atoms with van der Waals surface area (Å²) in [5.41, 5.74) is 0.624. The van der Waals surface area contributed by atoms with Gasteiger partial charge in [-0.25, -0.2) is 0 Å². The lowest BCUT2D eigenvalue weighted by atomic mass is 10.2. The minimum atomic E-state index is -0.0871. The Labute approximate surface area is 138 Å². The fraction of sp³-hybridized carbons (Fsp3) is 0.529. The molecule has 0 unspecified atom stereocenters. The molecule has 1 aliphatic rings. The Bertz CT molecular complexity index is 513. The lowest BCUT2D eigenvalue weighted by Gasteiger charge is -2.31. The Morgan fingerprint density at radius 3 is 2.35 bits per heavy atom. The molecule has 1 aromatic carbocycles. The molecule has 0 saturated carbocycles. The molecule has 0 atom stereocenters. The first-order valence-electron chi connectivity index (χ1n) is 8.05. The largest absolute Gasteiger partial charge is 0.339 e. The molecular formula is C17H26N4O2. The molecule has 0 radical (unpaired) electrons. The van der Waals surface area contributed by atoms with Crippen LogP contribution in [0, 0.1) is 0 Å². The minimum absolute atomic E-state index is 0.0227. The number of hydrogen-bond donors (Lipinski definition) is 1. The molecule has 2 amide bonds. The highest BCUT2D eigenvalue weighted by molar-refractivity contribution is 5.96. The van der Waals surface area contributed by atoms with Crippen molar-refractivity contribution in [2.45, 2.75) is 0 Å². The van der Waals surface area contributed by atoms with E-state index in [1.165, 1.54) is 0 Å². The monoisotopic (exact) mass is 318 g/mol. The van der Waals surface area contributed by atoms with Gasteiger partial charge in [0.25, 0.3) is 5.91 Å². The Balaban J connectivity index is 2.03. The van der Waals surface area contributed by atoms with E-state index in [0.717, 1.165) is 19.6 Å². The smallest absolute Gasteiger partial charge is 0.254 e. The van der Waals surface area contributed by atoms with Crippen molar-refractivity contribution in [1.29, 1.82) is 0 Å². The van der Waals surface area contributed by atoms with Crippen LogP contribution < -0.4 is 5.32 Å². The second kappa shape index (κ2) is 8.64. The van der Waals surface area contributed by atoms with E-state index in [2.05, 4.69) is 5.32 Å². The number of hydrogen-bond acceptors (Lipinski definition) is 4. The van der Waals surface area contributed by atoms with Crippen LogP contribution in [0.25, 0.3) is 0 Å². The molecular weight excluding hydrogens is 292 g/mol. The first-order chi connectivity index (χ1) is 11.1. The van der Waals surface area contributed by atoms with E-state index < -0.39 is 0 Å². The number of carbonyl (C=O) groups excluding carboxylic acids is 2. The summed E-state index contributed by atoms with van der Waals surface area (Å²) in [7, 11) is 3.92. The van der Waals surface area contributed by atoms with Crippen molar-refractivity contribution in [2.75, 3.05) is 59.9 Å². The Hall–Kier alpha value is -1.92. The summed E-state index contributed by atoms with van der Waals surface area (Å²) in [5, 5.41) is 3.23. The Morgan fingerprint density at radius 1 is 1.09 bits per heavy atom. The standard InChI is InChI=1S/C17H26N4O2/c1-19(2)12-13-21(17(23)15-6-4-3-5-7-15)14-16(22)20-10-8-18-9-11-20/h3-7,18H,8-14H2,1-2H3. The predicted octanol–water partition coefficient (Wildman–Crippen LogP) is 0.122. The number of carbonyl (C=O) groups is 2. The maximum atomic E-state index is 12.7. The summed E-state index contributed by atoms with van der Waals surface area (Å²) >= 11 is 0. The van der Waals surface area contributed by atoms with Gasteiger partial charge in [-0.3, -0.25) is 9.59 Å². The topological polar surface area (TPSA) is 55.9 Å². The van der Waals surface area contributed by atoms with Gasteiger partial charge in [0, 0.05) is 44.8 Å². The summed E-state index contributed by atoms with van der Waals surface area (Å²) in [4.78, 5) is 30.7. The van der Waals surface area contributed by atoms with Crippen molar-refractivity contribution in [1.82, 2.24) is 20.0 Å². The van der Waals surface area contributed by atoms with Gasteiger partial charge in [-0.05, 0) is 26.2 Å². The van der Waals surface area contributed by atoms with E-state index in [0.29, 0.717) is 25.2 Å². The molecule has 126 valence electrons. The molecule has 2 rings (SSSR count). The van der Waals surface area contributed by atoms with Gasteiger partial charge in [0.1, 0.15) is 6.54 Å². The third kappa shape index (κ3) is 5.33. The average Bonchev–Trinajstić information content (AvgIpc) is 2.59. The molecule has 1 aromatic rings. The Morgan fingerprint density at radius 2 is 1.74 bits per heavy atom. The third-order valence-corrected chi connectivity index (χ3v) is 3.92. The van der Waals surface area contributed by atoms with Crippen LogP contribution in [0.2, 0.25) is 0 Å². The van der Waals surface area contributed by atoms with Gasteiger partial charge in [0.2, 0.25) is 5.91 Å². The first-order valence-corrected chi connectivity index (χ1v) is 8.05. The number of rotatable bonds is 6. The summed E-state index contributed by atoms with van der Waals surface area (Å²) in [5.74, 6) is -0.0644. The highest BCUT2D eigenvalue weighted by Crippen LogP contribution is 2.06. The van der Waals surface area contributed by atoms with Crippen molar-refractivity contribution >= 4 is 11.8 Å². The fourth-order valence-electron chi connectivity index (χ4n) is 2.51. The van der Waals surface area contributed by atoms with E-state index in [1.807, 2.05) is 42.1 Å². The Kier molecular flexibility index (Phi) is 6.55. The lowest BCUT2D eigenvalue weighted by molar-refractivity contribution is -0.132. The maximum absolute atomic E-state index is 12.7. The zero-order chi connectivity index (χ0) is 16.7.